The molecule has 1 N–H and O–H groups in total. The molecule has 1 unspecified atom stereocenters. The van der Waals surface area contributed by atoms with Gasteiger partial charge in [-0.15, -0.1) is 11.3 Å². The SMILES string of the molecule is N#Cc1c(NC(=O)/C=C/c2ccoc2)sc2c1CCC(OC(=O)N1CCCCC1)C2. The van der Waals surface area contributed by atoms with Gasteiger partial charge in [-0.25, -0.2) is 4.79 Å². The van der Waals surface area contributed by atoms with Crippen LogP contribution in [0.4, 0.5) is 9.80 Å². The molecule has 1 saturated heterocycles. The molecule has 0 spiro atoms. The molecule has 30 heavy (non-hydrogen) atoms. The van der Waals surface area contributed by atoms with Crippen LogP contribution in [0.2, 0.25) is 0 Å². The minimum atomic E-state index is -0.306. The Morgan fingerprint density at radius 3 is 2.90 bits per heavy atom. The van der Waals surface area contributed by atoms with Gasteiger partial charge in [0.25, 0.3) is 0 Å². The Morgan fingerprint density at radius 1 is 1.33 bits per heavy atom. The Balaban J connectivity index is 1.41. The second-order valence-electron chi connectivity index (χ2n) is 7.50. The van der Waals surface area contributed by atoms with Crippen LogP contribution in [0.15, 0.2) is 29.1 Å². The van der Waals surface area contributed by atoms with Crippen molar-refractivity contribution in [3.8, 4) is 6.07 Å². The number of carbonyl (C=O) groups is 2. The Bertz CT molecular complexity index is 981. The molecule has 2 aromatic heterocycles. The predicted octanol–water partition coefficient (Wildman–Crippen LogP) is 4.34. The number of nitriles is 1. The van der Waals surface area contributed by atoms with E-state index in [1.807, 2.05) is 0 Å². The standard InChI is InChI=1S/C22H23N3O4S/c23-13-18-17-6-5-16(29-22(27)25-9-2-1-3-10-25)12-19(17)30-21(18)24-20(26)7-4-15-8-11-28-14-15/h4,7-8,11,14,16H,1-3,5-6,9-10,12H2,(H,24,26)/b7-4+. The first-order valence-corrected chi connectivity index (χ1v) is 11.0. The van der Waals surface area contributed by atoms with Gasteiger partial charge in [0.05, 0.1) is 18.1 Å². The summed E-state index contributed by atoms with van der Waals surface area (Å²) >= 11 is 1.39. The molecule has 0 saturated carbocycles. The largest absolute Gasteiger partial charge is 0.472 e. The average Bonchev–Trinajstić information content (AvgIpc) is 3.39. The Hall–Kier alpha value is -3.05. The molecule has 2 amide bonds. The fraction of sp³-hybridized carbons (Fsp3) is 0.409. The van der Waals surface area contributed by atoms with Crippen molar-refractivity contribution >= 4 is 34.4 Å². The molecule has 1 atom stereocenters. The van der Waals surface area contributed by atoms with E-state index in [4.69, 9.17) is 9.15 Å². The van der Waals surface area contributed by atoms with Crippen LogP contribution in [0.5, 0.6) is 0 Å². The Kier molecular flexibility index (Phi) is 6.19. The number of carbonyl (C=O) groups excluding carboxylic acids is 2. The zero-order valence-corrected chi connectivity index (χ0v) is 17.4. The van der Waals surface area contributed by atoms with E-state index in [0.717, 1.165) is 48.4 Å². The maximum atomic E-state index is 12.4. The number of nitrogens with zero attached hydrogens (tertiary/aromatic N) is 2. The zero-order valence-electron chi connectivity index (χ0n) is 16.6. The Labute approximate surface area is 178 Å². The summed E-state index contributed by atoms with van der Waals surface area (Å²) in [6, 6.07) is 3.98. The van der Waals surface area contributed by atoms with E-state index < -0.39 is 0 Å². The molecule has 0 radical (unpaired) electrons. The van der Waals surface area contributed by atoms with Gasteiger partial charge in [0.15, 0.2) is 0 Å². The van der Waals surface area contributed by atoms with Crippen molar-refractivity contribution in [3.63, 3.8) is 0 Å². The van der Waals surface area contributed by atoms with Gasteiger partial charge in [0.2, 0.25) is 5.91 Å². The van der Waals surface area contributed by atoms with Crippen LogP contribution in [0.3, 0.4) is 0 Å². The summed E-state index contributed by atoms with van der Waals surface area (Å²) < 4.78 is 10.7. The van der Waals surface area contributed by atoms with Crippen molar-refractivity contribution in [1.82, 2.24) is 4.90 Å². The second kappa shape index (κ2) is 9.18. The summed E-state index contributed by atoms with van der Waals surface area (Å²) in [5.74, 6) is -0.306. The molecule has 2 aliphatic rings. The van der Waals surface area contributed by atoms with Gasteiger partial charge >= 0.3 is 6.09 Å². The molecule has 1 aliphatic heterocycles. The zero-order chi connectivity index (χ0) is 20.9. The highest BCUT2D eigenvalue weighted by molar-refractivity contribution is 7.16. The molecule has 3 heterocycles. The first kappa shape index (κ1) is 20.2. The molecular formula is C22H23N3O4S. The van der Waals surface area contributed by atoms with Crippen LogP contribution in [-0.2, 0) is 22.4 Å². The van der Waals surface area contributed by atoms with E-state index in [2.05, 4.69) is 11.4 Å². The molecule has 4 rings (SSSR count). The lowest BCUT2D eigenvalue weighted by Gasteiger charge is -2.29. The first-order valence-electron chi connectivity index (χ1n) is 10.2. The summed E-state index contributed by atoms with van der Waals surface area (Å²) in [4.78, 5) is 27.5. The summed E-state index contributed by atoms with van der Waals surface area (Å²) in [7, 11) is 0. The van der Waals surface area contributed by atoms with Gasteiger partial charge in [0, 0.05) is 36.0 Å². The van der Waals surface area contributed by atoms with Gasteiger partial charge in [-0.3, -0.25) is 4.79 Å². The third-order valence-corrected chi connectivity index (χ3v) is 6.59. The number of fused-ring (bicyclic) bond motifs is 1. The van der Waals surface area contributed by atoms with Gasteiger partial charge in [0.1, 0.15) is 17.2 Å². The van der Waals surface area contributed by atoms with Crippen LogP contribution < -0.4 is 5.32 Å². The normalized spacial score (nSPS) is 18.6. The van der Waals surface area contributed by atoms with E-state index in [1.165, 1.54) is 23.7 Å². The number of hydrogen-bond donors (Lipinski definition) is 1. The molecule has 2 aromatic rings. The maximum absolute atomic E-state index is 12.4. The third-order valence-electron chi connectivity index (χ3n) is 5.42. The number of likely N-dealkylation sites (tertiary alicyclic amines) is 1. The lowest BCUT2D eigenvalue weighted by atomic mass is 9.94. The van der Waals surface area contributed by atoms with Crippen LogP contribution in [0.1, 0.15) is 47.3 Å². The highest BCUT2D eigenvalue weighted by Gasteiger charge is 2.29. The number of hydrogen-bond acceptors (Lipinski definition) is 6. The van der Waals surface area contributed by atoms with Gasteiger partial charge in [-0.2, -0.15) is 5.26 Å². The average molecular weight is 426 g/mol. The highest BCUT2D eigenvalue weighted by atomic mass is 32.1. The Morgan fingerprint density at radius 2 is 2.17 bits per heavy atom. The van der Waals surface area contributed by atoms with Crippen molar-refractivity contribution in [2.24, 2.45) is 0 Å². The third kappa shape index (κ3) is 4.57. The van der Waals surface area contributed by atoms with Gasteiger partial charge in [-0.1, -0.05) is 0 Å². The van der Waals surface area contributed by atoms with E-state index in [0.29, 0.717) is 29.8 Å². The van der Waals surface area contributed by atoms with Gasteiger partial charge < -0.3 is 19.4 Å². The van der Waals surface area contributed by atoms with Crippen LogP contribution in [0, 0.1) is 11.3 Å². The number of rotatable bonds is 4. The number of piperidine rings is 1. The number of amides is 2. The second-order valence-corrected chi connectivity index (χ2v) is 8.60. The fourth-order valence-electron chi connectivity index (χ4n) is 3.85. The number of nitrogens with one attached hydrogen (secondary N) is 1. The van der Waals surface area contributed by atoms with Crippen LogP contribution in [-0.4, -0.2) is 36.1 Å². The van der Waals surface area contributed by atoms with Crippen molar-refractivity contribution < 1.29 is 18.7 Å². The van der Waals surface area contributed by atoms with Crippen LogP contribution >= 0.6 is 11.3 Å². The highest BCUT2D eigenvalue weighted by Crippen LogP contribution is 2.38. The number of anilines is 1. The lowest BCUT2D eigenvalue weighted by molar-refractivity contribution is -0.111. The van der Waals surface area contributed by atoms with Gasteiger partial charge in [-0.05, 0) is 49.8 Å². The van der Waals surface area contributed by atoms with Crippen molar-refractivity contribution in [1.29, 1.82) is 5.26 Å². The summed E-state index contributed by atoms with van der Waals surface area (Å²) in [5, 5.41) is 13.0. The minimum absolute atomic E-state index is 0.193. The predicted molar refractivity (Wildman–Crippen MR) is 113 cm³/mol. The number of ether oxygens (including phenoxy) is 1. The quantitative estimate of drug-likeness (QED) is 0.735. The molecule has 0 bridgehead atoms. The fourth-order valence-corrected chi connectivity index (χ4v) is 5.12. The van der Waals surface area contributed by atoms with Crippen molar-refractivity contribution in [2.75, 3.05) is 18.4 Å². The molecule has 0 aromatic carbocycles. The lowest BCUT2D eigenvalue weighted by Crippen LogP contribution is -2.39. The minimum Gasteiger partial charge on any atom is -0.472 e. The maximum Gasteiger partial charge on any atom is 0.410 e. The molecule has 156 valence electrons. The smallest absolute Gasteiger partial charge is 0.410 e. The summed E-state index contributed by atoms with van der Waals surface area (Å²) in [5.41, 5.74) is 2.26. The van der Waals surface area contributed by atoms with Crippen molar-refractivity contribution in [2.45, 2.75) is 44.6 Å². The number of thiophene rings is 1. The van der Waals surface area contributed by atoms with E-state index >= 15 is 0 Å². The van der Waals surface area contributed by atoms with Crippen molar-refractivity contribution in [3.05, 3.63) is 46.2 Å². The molecule has 1 aliphatic carbocycles. The molecule has 1 fully saturated rings. The first-order chi connectivity index (χ1) is 14.6. The van der Waals surface area contributed by atoms with Crippen LogP contribution in [0.25, 0.3) is 6.08 Å². The summed E-state index contributed by atoms with van der Waals surface area (Å²) in [6.45, 7) is 1.52. The topological polar surface area (TPSA) is 95.6 Å². The van der Waals surface area contributed by atoms with E-state index in [1.54, 1.807) is 23.3 Å². The number of furan rings is 1. The molecular weight excluding hydrogens is 402 g/mol. The molecule has 8 heteroatoms. The van der Waals surface area contributed by atoms with E-state index in [9.17, 15) is 14.9 Å². The monoisotopic (exact) mass is 425 g/mol. The van der Waals surface area contributed by atoms with E-state index in [-0.39, 0.29) is 18.1 Å². The molecule has 7 nitrogen and oxygen atoms in total. The summed E-state index contributed by atoms with van der Waals surface area (Å²) in [6.07, 6.45) is 10.8.